The average Bonchev–Trinajstić information content (AvgIpc) is 2.58. The topological polar surface area (TPSA) is 162 Å². The van der Waals surface area contributed by atoms with E-state index in [4.69, 9.17) is 5.11 Å². The third kappa shape index (κ3) is 8.13. The van der Waals surface area contributed by atoms with E-state index in [1.807, 2.05) is 0 Å². The summed E-state index contributed by atoms with van der Waals surface area (Å²) in [7, 11) is 0. The van der Waals surface area contributed by atoms with Gasteiger partial charge < -0.3 is 15.7 Å². The minimum Gasteiger partial charge on any atom is -0.396 e. The normalized spacial score (nSPS) is 20.0. The van der Waals surface area contributed by atoms with Gasteiger partial charge in [0.2, 0.25) is 18.4 Å². The van der Waals surface area contributed by atoms with Crippen molar-refractivity contribution in [3.63, 3.8) is 0 Å². The number of amides is 3. The summed E-state index contributed by atoms with van der Waals surface area (Å²) in [4.78, 5) is 45.6. The molecule has 0 aliphatic carbocycles. The molecule has 11 nitrogen and oxygen atoms in total. The molecule has 0 bridgehead atoms. The van der Waals surface area contributed by atoms with Gasteiger partial charge in [-0.25, -0.2) is 5.06 Å². The largest absolute Gasteiger partial charge is 0.396 e. The van der Waals surface area contributed by atoms with Crippen LogP contribution in [-0.4, -0.2) is 69.8 Å². The molecule has 1 fully saturated rings. The molecule has 152 valence electrons. The molecule has 2 atom stereocenters. The molecule has 27 heavy (non-hydrogen) atoms. The quantitative estimate of drug-likeness (QED) is 0.159. The molecule has 0 aromatic carbocycles. The summed E-state index contributed by atoms with van der Waals surface area (Å²) in [6, 6.07) is -1.57. The molecule has 0 aromatic rings. The molecular weight excluding hydrogens is 360 g/mol. The summed E-state index contributed by atoms with van der Waals surface area (Å²) >= 11 is 0. The highest BCUT2D eigenvalue weighted by atomic mass is 16.6. The van der Waals surface area contributed by atoms with Gasteiger partial charge in [-0.3, -0.25) is 29.7 Å². The Morgan fingerprint density at radius 2 is 1.78 bits per heavy atom. The number of rotatable bonds is 11. The zero-order valence-corrected chi connectivity index (χ0v) is 15.2. The molecule has 0 radical (unpaired) electrons. The minimum atomic E-state index is -0.788. The number of nitrogens with zero attached hydrogens (tertiary/aromatic N) is 2. The fourth-order valence-corrected chi connectivity index (χ4v) is 2.60. The first kappa shape index (κ1) is 22.5. The van der Waals surface area contributed by atoms with Crippen molar-refractivity contribution in [2.24, 2.45) is 0 Å². The molecule has 1 aliphatic heterocycles. The van der Waals surface area contributed by atoms with Crippen LogP contribution in [0.25, 0.3) is 0 Å². The van der Waals surface area contributed by atoms with Gasteiger partial charge in [-0.05, 0) is 32.6 Å². The van der Waals surface area contributed by atoms with E-state index in [1.54, 1.807) is 6.92 Å². The molecule has 1 rings (SSSR count). The zero-order chi connectivity index (χ0) is 20.4. The van der Waals surface area contributed by atoms with Crippen molar-refractivity contribution < 1.29 is 29.6 Å². The zero-order valence-electron chi connectivity index (χ0n) is 15.2. The number of hydroxylamine groups is 2. The number of carbonyl (C=O) groups excluding carboxylic acids is 3. The van der Waals surface area contributed by atoms with Crippen molar-refractivity contribution in [2.75, 3.05) is 19.7 Å². The minimum absolute atomic E-state index is 0.0202. The smallest absolute Gasteiger partial charge is 0.269 e. The van der Waals surface area contributed by atoms with Crippen LogP contribution in [0.1, 0.15) is 39.0 Å². The van der Waals surface area contributed by atoms with Crippen LogP contribution in [0.4, 0.5) is 0 Å². The van der Waals surface area contributed by atoms with Crippen LogP contribution in [0.5, 0.6) is 0 Å². The molecule has 11 heteroatoms. The molecule has 4 N–H and O–H groups in total. The third-order valence-corrected chi connectivity index (χ3v) is 4.09. The lowest BCUT2D eigenvalue weighted by Gasteiger charge is -2.29. The molecule has 0 aromatic heterocycles. The number of aliphatic hydroxyl groups excluding tert-OH is 1. The van der Waals surface area contributed by atoms with Crippen molar-refractivity contribution >= 4 is 17.7 Å². The Morgan fingerprint density at radius 1 is 1.22 bits per heavy atom. The first-order chi connectivity index (χ1) is 12.7. The number of nitro groups is 1. The second-order valence-corrected chi connectivity index (χ2v) is 6.39. The van der Waals surface area contributed by atoms with Gasteiger partial charge in [0.25, 0.3) is 5.91 Å². The van der Waals surface area contributed by atoms with Crippen molar-refractivity contribution in [2.45, 2.75) is 51.1 Å². The number of piperazine rings is 1. The van der Waals surface area contributed by atoms with E-state index >= 15 is 0 Å². The van der Waals surface area contributed by atoms with Gasteiger partial charge in [-0.2, -0.15) is 0 Å². The average molecular weight is 386 g/mol. The molecule has 1 saturated heterocycles. The van der Waals surface area contributed by atoms with Crippen LogP contribution in [-0.2, 0) is 14.4 Å². The van der Waals surface area contributed by atoms with Crippen LogP contribution in [0, 0.1) is 10.1 Å². The first-order valence-corrected chi connectivity index (χ1v) is 8.75. The van der Waals surface area contributed by atoms with Gasteiger partial charge in [0, 0.05) is 30.6 Å². The lowest BCUT2D eigenvalue weighted by Crippen LogP contribution is -2.61. The molecular formula is C16H26N4O7. The van der Waals surface area contributed by atoms with E-state index in [1.165, 1.54) is 6.08 Å². The van der Waals surface area contributed by atoms with E-state index < -0.39 is 34.7 Å². The van der Waals surface area contributed by atoms with E-state index in [2.05, 4.69) is 10.6 Å². The fraction of sp³-hybridized carbons (Fsp3) is 0.688. The van der Waals surface area contributed by atoms with E-state index in [0.29, 0.717) is 17.1 Å². The standard InChI is InChI=1S/C16H26N4O7/c1-11(6-9-21)10-14(22)19(25)7-2-4-12-15(23)18-13(16(24)17-12)5-3-8-20(26)27/h10,12-13,21,25H,2-9H2,1H3,(H,17,24)(H,18,23)/b11-10+/t12-,13-/m0/s1. The number of aliphatic hydroxyl groups is 1. The Hall–Kier alpha value is -2.53. The Balaban J connectivity index is 2.38. The van der Waals surface area contributed by atoms with Crippen LogP contribution < -0.4 is 10.6 Å². The first-order valence-electron chi connectivity index (χ1n) is 8.75. The van der Waals surface area contributed by atoms with Crippen molar-refractivity contribution in [3.05, 3.63) is 21.8 Å². The Morgan fingerprint density at radius 3 is 2.30 bits per heavy atom. The fourth-order valence-electron chi connectivity index (χ4n) is 2.60. The second-order valence-electron chi connectivity index (χ2n) is 6.39. The van der Waals surface area contributed by atoms with Crippen molar-refractivity contribution in [1.29, 1.82) is 0 Å². The maximum Gasteiger partial charge on any atom is 0.269 e. The monoisotopic (exact) mass is 386 g/mol. The van der Waals surface area contributed by atoms with Crippen LogP contribution in [0.2, 0.25) is 0 Å². The Bertz CT molecular complexity index is 593. The summed E-state index contributed by atoms with van der Waals surface area (Å²) in [6.45, 7) is 1.28. The highest BCUT2D eigenvalue weighted by Gasteiger charge is 2.33. The van der Waals surface area contributed by atoms with E-state index in [-0.39, 0.29) is 45.4 Å². The molecule has 1 heterocycles. The summed E-state index contributed by atoms with van der Waals surface area (Å²) in [5.74, 6) is -1.42. The van der Waals surface area contributed by atoms with E-state index in [0.717, 1.165) is 0 Å². The number of nitrogens with one attached hydrogen (secondary N) is 2. The number of hydrogen-bond acceptors (Lipinski definition) is 7. The molecule has 1 aliphatic rings. The molecule has 3 amide bonds. The second kappa shape index (κ2) is 11.2. The van der Waals surface area contributed by atoms with Gasteiger partial charge in [-0.15, -0.1) is 0 Å². The van der Waals surface area contributed by atoms with Gasteiger partial charge in [0.15, 0.2) is 0 Å². The summed E-state index contributed by atoms with van der Waals surface area (Å²) in [5, 5.41) is 34.4. The van der Waals surface area contributed by atoms with Crippen LogP contribution in [0.15, 0.2) is 11.6 Å². The lowest BCUT2D eigenvalue weighted by molar-refractivity contribution is -0.480. The van der Waals surface area contributed by atoms with Gasteiger partial charge >= 0.3 is 0 Å². The van der Waals surface area contributed by atoms with Crippen molar-refractivity contribution in [3.8, 4) is 0 Å². The third-order valence-electron chi connectivity index (χ3n) is 4.09. The molecule has 0 saturated carbocycles. The lowest BCUT2D eigenvalue weighted by atomic mass is 10.0. The predicted molar refractivity (Wildman–Crippen MR) is 93.2 cm³/mol. The summed E-state index contributed by atoms with van der Waals surface area (Å²) in [6.07, 6.45) is 2.42. The Kier molecular flexibility index (Phi) is 9.37. The number of carbonyl (C=O) groups is 3. The number of hydrogen-bond donors (Lipinski definition) is 4. The Labute approximate surface area is 156 Å². The van der Waals surface area contributed by atoms with Gasteiger partial charge in [-0.1, -0.05) is 5.57 Å². The maximum absolute atomic E-state index is 12.0. The molecule has 0 spiro atoms. The van der Waals surface area contributed by atoms with Crippen LogP contribution in [0.3, 0.4) is 0 Å². The predicted octanol–water partition coefficient (Wildman–Crippen LogP) is -0.647. The van der Waals surface area contributed by atoms with Crippen molar-refractivity contribution in [1.82, 2.24) is 15.7 Å². The highest BCUT2D eigenvalue weighted by molar-refractivity contribution is 5.96. The summed E-state index contributed by atoms with van der Waals surface area (Å²) in [5.41, 5.74) is 0.628. The molecule has 0 unspecified atom stereocenters. The maximum atomic E-state index is 12.0. The highest BCUT2D eigenvalue weighted by Crippen LogP contribution is 2.09. The van der Waals surface area contributed by atoms with Gasteiger partial charge in [0.05, 0.1) is 0 Å². The van der Waals surface area contributed by atoms with Gasteiger partial charge in [0.1, 0.15) is 12.1 Å². The van der Waals surface area contributed by atoms with E-state index in [9.17, 15) is 29.7 Å². The summed E-state index contributed by atoms with van der Waals surface area (Å²) < 4.78 is 0. The van der Waals surface area contributed by atoms with Crippen LogP contribution >= 0.6 is 0 Å². The SMILES string of the molecule is C/C(=C\C(=O)N(O)CCC[C@@H]1NC(=O)[C@H](CCC[N+](=O)[O-])NC1=O)CCO.